The summed E-state index contributed by atoms with van der Waals surface area (Å²) in [5.41, 5.74) is 3.34. The van der Waals surface area contributed by atoms with Crippen LogP contribution in [0.1, 0.15) is 28.5 Å². The molecule has 0 saturated carbocycles. The first-order valence-corrected chi connectivity index (χ1v) is 9.10. The molecule has 7 heteroatoms. The van der Waals surface area contributed by atoms with Crippen molar-refractivity contribution in [2.24, 2.45) is 0 Å². The third-order valence-corrected chi connectivity index (χ3v) is 4.48. The average Bonchev–Trinajstić information content (AvgIpc) is 3.43. The minimum atomic E-state index is -0.141. The summed E-state index contributed by atoms with van der Waals surface area (Å²) < 4.78 is 3.64. The molecule has 0 unspecified atom stereocenters. The Morgan fingerprint density at radius 2 is 1.96 bits per heavy atom. The normalized spacial score (nSPS) is 10.8. The molecule has 0 fully saturated rings. The molecule has 1 N–H and O–H groups in total. The Morgan fingerprint density at radius 3 is 2.64 bits per heavy atom. The molecule has 4 aromatic rings. The Hall–Kier alpha value is -3.74. The lowest BCUT2D eigenvalue weighted by atomic mass is 10.2. The number of nitrogens with zero attached hydrogens (tertiary/aromatic N) is 5. The maximum atomic E-state index is 12.7. The van der Waals surface area contributed by atoms with E-state index in [9.17, 15) is 4.79 Å². The highest BCUT2D eigenvalue weighted by Gasteiger charge is 2.17. The first-order valence-electron chi connectivity index (χ1n) is 9.10. The van der Waals surface area contributed by atoms with Crippen molar-refractivity contribution in [1.29, 1.82) is 0 Å². The molecule has 0 radical (unpaired) electrons. The number of carbonyl (C=O) groups is 1. The van der Waals surface area contributed by atoms with Crippen LogP contribution >= 0.6 is 0 Å². The van der Waals surface area contributed by atoms with Gasteiger partial charge in [0.05, 0.1) is 23.1 Å². The lowest BCUT2D eigenvalue weighted by Crippen LogP contribution is -2.24. The van der Waals surface area contributed by atoms with Crippen molar-refractivity contribution in [3.05, 3.63) is 90.4 Å². The van der Waals surface area contributed by atoms with E-state index in [1.54, 1.807) is 24.9 Å². The Bertz CT molecular complexity index is 1050. The number of para-hydroxylation sites is 1. The van der Waals surface area contributed by atoms with Gasteiger partial charge in [-0.1, -0.05) is 31.2 Å². The second kappa shape index (κ2) is 7.87. The van der Waals surface area contributed by atoms with Crippen LogP contribution in [0.25, 0.3) is 11.5 Å². The van der Waals surface area contributed by atoms with Gasteiger partial charge in [-0.25, -0.2) is 14.6 Å². The van der Waals surface area contributed by atoms with Crippen LogP contribution in [-0.4, -0.2) is 30.2 Å². The van der Waals surface area contributed by atoms with E-state index in [0.29, 0.717) is 18.5 Å². The molecule has 0 aliphatic rings. The predicted molar refractivity (Wildman–Crippen MR) is 105 cm³/mol. The largest absolute Gasteiger partial charge is 0.348 e. The van der Waals surface area contributed by atoms with Gasteiger partial charge in [0.1, 0.15) is 12.1 Å². The molecule has 0 aliphatic carbocycles. The summed E-state index contributed by atoms with van der Waals surface area (Å²) in [5, 5.41) is 7.37. The van der Waals surface area contributed by atoms with Gasteiger partial charge < -0.3 is 5.32 Å². The SMILES string of the molecule is CCc1c(C(=O)NCc2ccc(-n3ccnc3)nc2)cnn1-c1ccccc1. The Balaban J connectivity index is 1.46. The smallest absolute Gasteiger partial charge is 0.255 e. The van der Waals surface area contributed by atoms with Gasteiger partial charge in [-0.15, -0.1) is 0 Å². The number of rotatable bonds is 6. The molecule has 0 bridgehead atoms. The number of hydrogen-bond acceptors (Lipinski definition) is 4. The van der Waals surface area contributed by atoms with E-state index in [1.807, 2.05) is 64.8 Å². The van der Waals surface area contributed by atoms with E-state index >= 15 is 0 Å². The monoisotopic (exact) mass is 372 g/mol. The molecule has 1 aromatic carbocycles. The molecular formula is C21H20N6O. The third-order valence-electron chi connectivity index (χ3n) is 4.48. The van der Waals surface area contributed by atoms with Crippen molar-refractivity contribution in [2.45, 2.75) is 19.9 Å². The lowest BCUT2D eigenvalue weighted by Gasteiger charge is -2.09. The maximum absolute atomic E-state index is 12.7. The Labute approximate surface area is 162 Å². The predicted octanol–water partition coefficient (Wildman–Crippen LogP) is 2.95. The van der Waals surface area contributed by atoms with Crippen LogP contribution in [0.3, 0.4) is 0 Å². The summed E-state index contributed by atoms with van der Waals surface area (Å²) in [6.45, 7) is 2.42. The van der Waals surface area contributed by atoms with Crippen LogP contribution in [0.4, 0.5) is 0 Å². The molecule has 140 valence electrons. The molecule has 3 heterocycles. The van der Waals surface area contributed by atoms with Gasteiger partial charge in [0.15, 0.2) is 0 Å². The maximum Gasteiger partial charge on any atom is 0.255 e. The van der Waals surface area contributed by atoms with Gasteiger partial charge in [0.25, 0.3) is 5.91 Å². The highest BCUT2D eigenvalue weighted by Crippen LogP contribution is 2.16. The average molecular weight is 372 g/mol. The van der Waals surface area contributed by atoms with Crippen LogP contribution in [0.5, 0.6) is 0 Å². The number of pyridine rings is 1. The van der Waals surface area contributed by atoms with Gasteiger partial charge in [-0.05, 0) is 30.2 Å². The van der Waals surface area contributed by atoms with Crippen molar-refractivity contribution in [1.82, 2.24) is 29.6 Å². The van der Waals surface area contributed by atoms with Crippen molar-refractivity contribution in [2.75, 3.05) is 0 Å². The van der Waals surface area contributed by atoms with Crippen LogP contribution in [0, 0.1) is 0 Å². The highest BCUT2D eigenvalue weighted by molar-refractivity contribution is 5.95. The second-order valence-corrected chi connectivity index (χ2v) is 6.28. The van der Waals surface area contributed by atoms with Crippen LogP contribution < -0.4 is 5.32 Å². The zero-order valence-electron chi connectivity index (χ0n) is 15.5. The topological polar surface area (TPSA) is 77.6 Å². The summed E-state index contributed by atoms with van der Waals surface area (Å²) in [6.07, 6.45) is 9.32. The fourth-order valence-electron chi connectivity index (χ4n) is 3.04. The van der Waals surface area contributed by atoms with Crippen molar-refractivity contribution < 1.29 is 4.79 Å². The van der Waals surface area contributed by atoms with Gasteiger partial charge in [0.2, 0.25) is 0 Å². The molecule has 28 heavy (non-hydrogen) atoms. The summed E-state index contributed by atoms with van der Waals surface area (Å²) in [4.78, 5) is 21.1. The van der Waals surface area contributed by atoms with Gasteiger partial charge in [-0.3, -0.25) is 9.36 Å². The fraction of sp³-hybridized carbons (Fsp3) is 0.143. The fourth-order valence-corrected chi connectivity index (χ4v) is 3.04. The summed E-state index contributed by atoms with van der Waals surface area (Å²) in [6, 6.07) is 13.7. The Morgan fingerprint density at radius 1 is 1.11 bits per heavy atom. The molecule has 0 saturated heterocycles. The number of nitrogens with one attached hydrogen (secondary N) is 1. The zero-order chi connectivity index (χ0) is 19.3. The first kappa shape index (κ1) is 17.7. The van der Waals surface area contributed by atoms with E-state index in [2.05, 4.69) is 20.4 Å². The number of benzene rings is 1. The van der Waals surface area contributed by atoms with Gasteiger partial charge >= 0.3 is 0 Å². The van der Waals surface area contributed by atoms with Crippen molar-refractivity contribution >= 4 is 5.91 Å². The number of hydrogen-bond donors (Lipinski definition) is 1. The number of carbonyl (C=O) groups excluding carboxylic acids is 1. The van der Waals surface area contributed by atoms with E-state index < -0.39 is 0 Å². The number of amides is 1. The molecule has 3 aromatic heterocycles. The molecule has 4 rings (SSSR count). The summed E-state index contributed by atoms with van der Waals surface area (Å²) >= 11 is 0. The first-order chi connectivity index (χ1) is 13.8. The summed E-state index contributed by atoms with van der Waals surface area (Å²) in [7, 11) is 0. The molecule has 0 atom stereocenters. The molecule has 1 amide bonds. The second-order valence-electron chi connectivity index (χ2n) is 6.28. The number of aromatic nitrogens is 5. The van der Waals surface area contributed by atoms with Crippen LogP contribution in [0.15, 0.2) is 73.6 Å². The van der Waals surface area contributed by atoms with Crippen LogP contribution in [0.2, 0.25) is 0 Å². The van der Waals surface area contributed by atoms with Crippen LogP contribution in [-0.2, 0) is 13.0 Å². The highest BCUT2D eigenvalue weighted by atomic mass is 16.1. The minimum absolute atomic E-state index is 0.141. The molecule has 0 aliphatic heterocycles. The quantitative estimate of drug-likeness (QED) is 0.564. The van der Waals surface area contributed by atoms with E-state index in [-0.39, 0.29) is 5.91 Å². The summed E-state index contributed by atoms with van der Waals surface area (Å²) in [5.74, 6) is 0.641. The van der Waals surface area contributed by atoms with Crippen molar-refractivity contribution in [3.8, 4) is 11.5 Å². The molecular weight excluding hydrogens is 352 g/mol. The third kappa shape index (κ3) is 3.55. The van der Waals surface area contributed by atoms with E-state index in [0.717, 1.165) is 22.8 Å². The lowest BCUT2D eigenvalue weighted by molar-refractivity contribution is 0.0950. The van der Waals surface area contributed by atoms with E-state index in [4.69, 9.17) is 0 Å². The van der Waals surface area contributed by atoms with Crippen molar-refractivity contribution in [3.63, 3.8) is 0 Å². The zero-order valence-corrected chi connectivity index (χ0v) is 15.5. The molecule has 0 spiro atoms. The number of imidazole rings is 1. The molecule has 7 nitrogen and oxygen atoms in total. The van der Waals surface area contributed by atoms with E-state index in [1.165, 1.54) is 0 Å². The van der Waals surface area contributed by atoms with Gasteiger partial charge in [0, 0.05) is 25.1 Å². The standard InChI is InChI=1S/C21H20N6O/c1-2-19-18(14-25-27(19)17-6-4-3-5-7-17)21(28)24-13-16-8-9-20(23-12-16)26-11-10-22-15-26/h3-12,14-15H,2,13H2,1H3,(H,24,28). The Kier molecular flexibility index (Phi) is 4.97. The van der Waals surface area contributed by atoms with Gasteiger partial charge in [-0.2, -0.15) is 5.10 Å². The minimum Gasteiger partial charge on any atom is -0.348 e.